The van der Waals surface area contributed by atoms with Gasteiger partial charge < -0.3 is 31.3 Å². The lowest BCUT2D eigenvalue weighted by atomic mass is 9.83. The summed E-state index contributed by atoms with van der Waals surface area (Å²) in [6.45, 7) is 6.97. The minimum absolute atomic E-state index is 0.0147. The van der Waals surface area contributed by atoms with Crippen molar-refractivity contribution in [1.29, 1.82) is 0 Å². The molecule has 5 amide bonds. The van der Waals surface area contributed by atoms with E-state index in [9.17, 15) is 33.9 Å². The summed E-state index contributed by atoms with van der Waals surface area (Å²) in [4.78, 5) is 80.9. The number of nitrogens with one attached hydrogen (secondary N) is 4. The number of likely N-dealkylation sites (tertiary alicyclic amines) is 1. The van der Waals surface area contributed by atoms with E-state index >= 15 is 0 Å². The van der Waals surface area contributed by atoms with Crippen LogP contribution in [-0.2, 0) is 28.8 Å². The number of ketones is 1. The molecule has 5 atom stereocenters. The molecule has 1 aliphatic heterocycles. The highest BCUT2D eigenvalue weighted by molar-refractivity contribution is 6.38. The summed E-state index contributed by atoms with van der Waals surface area (Å²) in [5.41, 5.74) is -2.20. The quantitative estimate of drug-likeness (QED) is 0.205. The third kappa shape index (κ3) is 7.97. The first-order valence-corrected chi connectivity index (χ1v) is 16.5. The third-order valence-corrected chi connectivity index (χ3v) is 9.67. The van der Waals surface area contributed by atoms with Crippen molar-refractivity contribution in [2.24, 2.45) is 11.3 Å². The van der Waals surface area contributed by atoms with E-state index in [-0.39, 0.29) is 30.5 Å². The smallest absolute Gasteiger partial charge is 0.289 e. The highest BCUT2D eigenvalue weighted by Gasteiger charge is 2.51. The number of amides is 5. The zero-order valence-corrected chi connectivity index (χ0v) is 26.7. The van der Waals surface area contributed by atoms with E-state index in [4.69, 9.17) is 0 Å². The lowest BCUT2D eigenvalue weighted by Gasteiger charge is -2.39. The monoisotopic (exact) mass is 617 g/mol. The number of aliphatic hydroxyl groups is 1. The molecule has 0 radical (unpaired) electrons. The molecule has 0 aromatic heterocycles. The van der Waals surface area contributed by atoms with E-state index in [1.54, 1.807) is 4.90 Å². The Hall–Kier alpha value is -3.02. The summed E-state index contributed by atoms with van der Waals surface area (Å²) in [5.74, 6) is -3.26. The zero-order valence-electron chi connectivity index (χ0n) is 26.7. The van der Waals surface area contributed by atoms with Crippen molar-refractivity contribution in [2.75, 3.05) is 6.54 Å². The maximum atomic E-state index is 14.4. The fourth-order valence-electron chi connectivity index (χ4n) is 7.00. The van der Waals surface area contributed by atoms with Crippen LogP contribution in [0.4, 0.5) is 0 Å². The number of hydrogen-bond donors (Lipinski definition) is 5. The Kier molecular flexibility index (Phi) is 10.7. The minimum Gasteiger partial charge on any atom is -0.380 e. The lowest BCUT2D eigenvalue weighted by Crippen LogP contribution is -2.61. The van der Waals surface area contributed by atoms with Crippen LogP contribution < -0.4 is 21.3 Å². The Balaban J connectivity index is 1.49. The Morgan fingerprint density at radius 2 is 1.59 bits per heavy atom. The Bertz CT molecular complexity index is 1120. The average Bonchev–Trinajstić information content (AvgIpc) is 3.52. The van der Waals surface area contributed by atoms with Gasteiger partial charge in [-0.2, -0.15) is 0 Å². The normalized spacial score (nSPS) is 25.8. The van der Waals surface area contributed by atoms with Crippen molar-refractivity contribution in [1.82, 2.24) is 26.2 Å². The van der Waals surface area contributed by atoms with Crippen molar-refractivity contribution < 1.29 is 33.9 Å². The molecule has 0 spiro atoms. The number of nitrogens with zero attached hydrogens (tertiary/aromatic N) is 1. The second kappa shape index (κ2) is 14.0. The molecule has 1 saturated heterocycles. The van der Waals surface area contributed by atoms with Gasteiger partial charge in [-0.3, -0.25) is 28.8 Å². The summed E-state index contributed by atoms with van der Waals surface area (Å²) < 4.78 is 0. The topological polar surface area (TPSA) is 174 Å². The molecule has 3 saturated carbocycles. The van der Waals surface area contributed by atoms with Gasteiger partial charge in [-0.1, -0.05) is 47.0 Å². The molecular weight excluding hydrogens is 566 g/mol. The zero-order chi connectivity index (χ0) is 32.2. The van der Waals surface area contributed by atoms with Gasteiger partial charge in [0.25, 0.3) is 11.8 Å². The van der Waals surface area contributed by atoms with Gasteiger partial charge >= 0.3 is 0 Å². The summed E-state index contributed by atoms with van der Waals surface area (Å²) in [6.07, 6.45) is 8.72. The van der Waals surface area contributed by atoms with Crippen molar-refractivity contribution >= 4 is 35.3 Å². The molecule has 1 heterocycles. The van der Waals surface area contributed by atoms with Crippen LogP contribution in [0.1, 0.15) is 111 Å². The fraction of sp³-hybridized carbons (Fsp3) is 0.812. The molecule has 0 aromatic rings. The van der Waals surface area contributed by atoms with Crippen LogP contribution in [0.25, 0.3) is 0 Å². The Morgan fingerprint density at radius 3 is 2.20 bits per heavy atom. The molecule has 12 nitrogen and oxygen atoms in total. The fourth-order valence-corrected chi connectivity index (χ4v) is 7.00. The SMILES string of the molecule is CCC[C@H](NC(=O)[C@@H]1CC2CCCCC2N1C(=O)[C@@H](NC(=O)CNC(=O)C1(O)CCCC1)C(C)(C)C)C(=O)C(=O)NC1CC1. The molecule has 0 bridgehead atoms. The van der Waals surface area contributed by atoms with Crippen LogP contribution >= 0.6 is 0 Å². The van der Waals surface area contributed by atoms with Crippen molar-refractivity contribution in [3.05, 3.63) is 0 Å². The van der Waals surface area contributed by atoms with Crippen LogP contribution in [0.2, 0.25) is 0 Å². The third-order valence-electron chi connectivity index (χ3n) is 9.67. The molecule has 3 aliphatic carbocycles. The first kappa shape index (κ1) is 33.9. The van der Waals surface area contributed by atoms with Crippen molar-refractivity contribution in [2.45, 2.75) is 147 Å². The largest absolute Gasteiger partial charge is 0.380 e. The van der Waals surface area contributed by atoms with Gasteiger partial charge in [0.05, 0.1) is 12.6 Å². The maximum absolute atomic E-state index is 14.4. The van der Waals surface area contributed by atoms with Gasteiger partial charge in [0.2, 0.25) is 23.5 Å². The molecular formula is C32H51N5O7. The second-order valence-corrected chi connectivity index (χ2v) is 14.4. The van der Waals surface area contributed by atoms with E-state index in [2.05, 4.69) is 21.3 Å². The van der Waals surface area contributed by atoms with Crippen LogP contribution in [0.5, 0.6) is 0 Å². The number of hydrogen-bond acceptors (Lipinski definition) is 7. The van der Waals surface area contributed by atoms with E-state index in [1.807, 2.05) is 27.7 Å². The van der Waals surface area contributed by atoms with E-state index < -0.39 is 58.6 Å². The molecule has 4 fully saturated rings. The standard InChI is InChI=1S/C32H51N5O7/c1-5-10-21(25(39)28(41)34-20-13-14-20)35-27(40)23-17-19-11-6-7-12-22(19)37(23)29(42)26(31(2,3)4)36-24(38)18-33-30(43)32(44)15-8-9-16-32/h19-23,26,44H,5-18H2,1-4H3,(H,33,43)(H,34,41)(H,35,40)(H,36,38)/t19?,21-,22?,23-,26+/m0/s1. The molecule has 0 aromatic carbocycles. The van der Waals surface area contributed by atoms with Gasteiger partial charge in [-0.25, -0.2) is 0 Å². The number of fused-ring (bicyclic) bond motifs is 1. The van der Waals surface area contributed by atoms with Gasteiger partial charge in [-0.05, 0) is 75.5 Å². The highest BCUT2D eigenvalue weighted by Crippen LogP contribution is 2.41. The molecule has 12 heteroatoms. The lowest BCUT2D eigenvalue weighted by molar-refractivity contribution is -0.147. The maximum Gasteiger partial charge on any atom is 0.289 e. The molecule has 2 unspecified atom stereocenters. The van der Waals surface area contributed by atoms with Crippen LogP contribution in [-0.4, -0.2) is 87.7 Å². The summed E-state index contributed by atoms with van der Waals surface area (Å²) in [5, 5.41) is 21.4. The van der Waals surface area contributed by atoms with Crippen LogP contribution in [0.3, 0.4) is 0 Å². The number of carbonyl (C=O) groups is 6. The first-order chi connectivity index (χ1) is 20.7. The predicted octanol–water partition coefficient (Wildman–Crippen LogP) is 1.23. The Labute approximate surface area is 260 Å². The molecule has 44 heavy (non-hydrogen) atoms. The van der Waals surface area contributed by atoms with E-state index in [0.717, 1.165) is 51.4 Å². The summed E-state index contributed by atoms with van der Waals surface area (Å²) >= 11 is 0. The van der Waals surface area contributed by atoms with Gasteiger partial charge in [-0.15, -0.1) is 0 Å². The Morgan fingerprint density at radius 1 is 0.932 bits per heavy atom. The molecule has 246 valence electrons. The highest BCUT2D eigenvalue weighted by atomic mass is 16.3. The van der Waals surface area contributed by atoms with Crippen molar-refractivity contribution in [3.8, 4) is 0 Å². The molecule has 4 rings (SSSR count). The minimum atomic E-state index is -1.47. The summed E-state index contributed by atoms with van der Waals surface area (Å²) in [6, 6.07) is -2.98. The second-order valence-electron chi connectivity index (χ2n) is 14.4. The van der Waals surface area contributed by atoms with Gasteiger partial charge in [0.15, 0.2) is 0 Å². The predicted molar refractivity (Wildman–Crippen MR) is 162 cm³/mol. The van der Waals surface area contributed by atoms with Gasteiger partial charge in [0, 0.05) is 12.1 Å². The average molecular weight is 618 g/mol. The van der Waals surface area contributed by atoms with Gasteiger partial charge in [0.1, 0.15) is 17.7 Å². The van der Waals surface area contributed by atoms with Crippen LogP contribution in [0, 0.1) is 11.3 Å². The number of Topliss-reactive ketones (excluding diaryl/α,β-unsaturated/α-hetero) is 1. The van der Waals surface area contributed by atoms with E-state index in [0.29, 0.717) is 32.1 Å². The molecule has 4 aliphatic rings. The first-order valence-electron chi connectivity index (χ1n) is 16.5. The van der Waals surface area contributed by atoms with E-state index in [1.165, 1.54) is 0 Å². The van der Waals surface area contributed by atoms with Crippen molar-refractivity contribution in [3.63, 3.8) is 0 Å². The molecule has 5 N–H and O–H groups in total. The summed E-state index contributed by atoms with van der Waals surface area (Å²) in [7, 11) is 0. The van der Waals surface area contributed by atoms with Crippen LogP contribution in [0.15, 0.2) is 0 Å². The number of rotatable bonds is 12. The number of carbonyl (C=O) groups excluding carboxylic acids is 6.